The zero-order chi connectivity index (χ0) is 15.1. The maximum Gasteiger partial charge on any atom is 0.252 e. The number of hydrogen-bond donors (Lipinski definition) is 2. The van der Waals surface area contributed by atoms with Gasteiger partial charge in [0.25, 0.3) is 5.91 Å². The standard InChI is InChI=1S/C17H18ClN3O.2ClH/c18-11-3-4-15-13(7-11)14(8-16(21-15)10-1-2-10)17(22)20-12-5-6-19-9-12;;/h3-4,7-8,10,12,19H,1-2,5-6,9H2,(H,20,22);2*1H. The summed E-state index contributed by atoms with van der Waals surface area (Å²) in [5, 5.41) is 7.85. The molecule has 1 atom stereocenters. The molecule has 1 aromatic heterocycles. The SMILES string of the molecule is Cl.Cl.O=C(NC1CCNC1)c1cc(C2CC2)nc2ccc(Cl)cc12. The smallest absolute Gasteiger partial charge is 0.252 e. The van der Waals surface area contributed by atoms with Crippen LogP contribution in [-0.4, -0.2) is 30.0 Å². The number of halogens is 3. The van der Waals surface area contributed by atoms with Crippen LogP contribution in [0.25, 0.3) is 10.9 Å². The maximum absolute atomic E-state index is 12.7. The van der Waals surface area contributed by atoms with Crippen molar-refractivity contribution in [3.05, 3.63) is 40.5 Å². The fourth-order valence-electron chi connectivity index (χ4n) is 3.04. The molecule has 2 fully saturated rings. The Hall–Kier alpha value is -1.07. The molecule has 24 heavy (non-hydrogen) atoms. The fraction of sp³-hybridized carbons (Fsp3) is 0.412. The normalized spacial score (nSPS) is 19.5. The van der Waals surface area contributed by atoms with Crippen molar-refractivity contribution in [1.82, 2.24) is 15.6 Å². The van der Waals surface area contributed by atoms with E-state index in [0.29, 0.717) is 16.5 Å². The lowest BCUT2D eigenvalue weighted by molar-refractivity contribution is 0.0941. The van der Waals surface area contributed by atoms with Crippen LogP contribution in [0.4, 0.5) is 0 Å². The second-order valence-corrected chi connectivity index (χ2v) is 6.63. The van der Waals surface area contributed by atoms with Crippen molar-refractivity contribution in [1.29, 1.82) is 0 Å². The van der Waals surface area contributed by atoms with Crippen LogP contribution in [0.2, 0.25) is 5.02 Å². The minimum atomic E-state index is -0.0229. The Morgan fingerprint density at radius 2 is 2.00 bits per heavy atom. The largest absolute Gasteiger partial charge is 0.348 e. The number of carbonyl (C=O) groups excluding carboxylic acids is 1. The molecule has 1 aliphatic carbocycles. The molecule has 1 aromatic carbocycles. The molecule has 0 radical (unpaired) electrons. The first-order chi connectivity index (χ1) is 10.7. The number of hydrogen-bond acceptors (Lipinski definition) is 3. The maximum atomic E-state index is 12.7. The van der Waals surface area contributed by atoms with Gasteiger partial charge in [-0.3, -0.25) is 9.78 Å². The Kier molecular flexibility index (Phi) is 6.32. The molecule has 2 N–H and O–H groups in total. The van der Waals surface area contributed by atoms with Gasteiger partial charge in [-0.1, -0.05) is 11.6 Å². The van der Waals surface area contributed by atoms with Gasteiger partial charge in [-0.2, -0.15) is 0 Å². The van der Waals surface area contributed by atoms with Crippen LogP contribution in [0.5, 0.6) is 0 Å². The van der Waals surface area contributed by atoms with Crippen LogP contribution < -0.4 is 10.6 Å². The van der Waals surface area contributed by atoms with E-state index in [2.05, 4.69) is 10.6 Å². The number of nitrogens with zero attached hydrogens (tertiary/aromatic N) is 1. The number of nitrogens with one attached hydrogen (secondary N) is 2. The highest BCUT2D eigenvalue weighted by molar-refractivity contribution is 6.31. The van der Waals surface area contributed by atoms with Gasteiger partial charge < -0.3 is 10.6 Å². The summed E-state index contributed by atoms with van der Waals surface area (Å²) in [7, 11) is 0. The van der Waals surface area contributed by atoms with Crippen LogP contribution in [-0.2, 0) is 0 Å². The Morgan fingerprint density at radius 1 is 1.21 bits per heavy atom. The van der Waals surface area contributed by atoms with Crippen LogP contribution in [0.3, 0.4) is 0 Å². The third kappa shape index (κ3) is 3.94. The molecule has 2 aliphatic rings. The van der Waals surface area contributed by atoms with Crippen molar-refractivity contribution in [2.45, 2.75) is 31.2 Å². The summed E-state index contributed by atoms with van der Waals surface area (Å²) >= 11 is 6.11. The molecule has 4 nitrogen and oxygen atoms in total. The number of amides is 1. The third-order valence-corrected chi connectivity index (χ3v) is 4.66. The monoisotopic (exact) mass is 387 g/mol. The van der Waals surface area contributed by atoms with Gasteiger partial charge in [-0.05, 0) is 50.1 Å². The van der Waals surface area contributed by atoms with Crippen molar-refractivity contribution < 1.29 is 4.79 Å². The molecule has 2 aromatic rings. The number of aromatic nitrogens is 1. The molecule has 0 spiro atoms. The lowest BCUT2D eigenvalue weighted by Crippen LogP contribution is -2.36. The van der Waals surface area contributed by atoms with Gasteiger partial charge in [-0.15, -0.1) is 24.8 Å². The lowest BCUT2D eigenvalue weighted by Gasteiger charge is -2.14. The highest BCUT2D eigenvalue weighted by Crippen LogP contribution is 2.40. The second kappa shape index (κ2) is 7.87. The first-order valence-corrected chi connectivity index (χ1v) is 8.20. The molecule has 0 bridgehead atoms. The lowest BCUT2D eigenvalue weighted by atomic mass is 10.0. The Morgan fingerprint density at radius 3 is 2.67 bits per heavy atom. The number of pyridine rings is 1. The molecule has 7 heteroatoms. The molecule has 1 aliphatic heterocycles. The zero-order valence-electron chi connectivity index (χ0n) is 13.0. The molecular weight excluding hydrogens is 369 g/mol. The van der Waals surface area contributed by atoms with Crippen molar-refractivity contribution >= 4 is 53.2 Å². The van der Waals surface area contributed by atoms with E-state index in [4.69, 9.17) is 16.6 Å². The molecule has 1 saturated carbocycles. The van der Waals surface area contributed by atoms with Gasteiger partial charge in [0.2, 0.25) is 0 Å². The highest BCUT2D eigenvalue weighted by Gasteiger charge is 2.27. The molecule has 4 rings (SSSR count). The van der Waals surface area contributed by atoms with Gasteiger partial charge in [-0.25, -0.2) is 0 Å². The third-order valence-electron chi connectivity index (χ3n) is 4.43. The summed E-state index contributed by atoms with van der Waals surface area (Å²) in [4.78, 5) is 17.4. The molecule has 2 heterocycles. The number of rotatable bonds is 3. The summed E-state index contributed by atoms with van der Waals surface area (Å²) < 4.78 is 0. The van der Waals surface area contributed by atoms with E-state index >= 15 is 0 Å². The quantitative estimate of drug-likeness (QED) is 0.843. The highest BCUT2D eigenvalue weighted by atomic mass is 35.5. The predicted octanol–water partition coefficient (Wildman–Crippen LogP) is 3.70. The minimum Gasteiger partial charge on any atom is -0.348 e. The molecular formula is C17H20Cl3N3O. The van der Waals surface area contributed by atoms with Crippen LogP contribution >= 0.6 is 36.4 Å². The average molecular weight is 389 g/mol. The van der Waals surface area contributed by atoms with Crippen molar-refractivity contribution in [3.63, 3.8) is 0 Å². The van der Waals surface area contributed by atoms with Crippen molar-refractivity contribution in [3.8, 4) is 0 Å². The summed E-state index contributed by atoms with van der Waals surface area (Å²) in [6.07, 6.45) is 3.31. The van der Waals surface area contributed by atoms with Gasteiger partial charge in [0.05, 0.1) is 11.1 Å². The van der Waals surface area contributed by atoms with Gasteiger partial charge in [0, 0.05) is 34.6 Å². The van der Waals surface area contributed by atoms with E-state index in [9.17, 15) is 4.79 Å². The van der Waals surface area contributed by atoms with E-state index in [-0.39, 0.29) is 36.8 Å². The van der Waals surface area contributed by atoms with Crippen molar-refractivity contribution in [2.24, 2.45) is 0 Å². The first kappa shape index (κ1) is 19.3. The molecule has 130 valence electrons. The summed E-state index contributed by atoms with van der Waals surface area (Å²) in [5.41, 5.74) is 2.58. The second-order valence-electron chi connectivity index (χ2n) is 6.19. The first-order valence-electron chi connectivity index (χ1n) is 7.82. The number of carbonyl (C=O) groups is 1. The van der Waals surface area contributed by atoms with Gasteiger partial charge in [0.1, 0.15) is 0 Å². The summed E-state index contributed by atoms with van der Waals surface area (Å²) in [5.74, 6) is 0.491. The Bertz CT molecular complexity index is 743. The van der Waals surface area contributed by atoms with Gasteiger partial charge in [0.15, 0.2) is 0 Å². The van der Waals surface area contributed by atoms with Crippen LogP contribution in [0, 0.1) is 0 Å². The van der Waals surface area contributed by atoms with E-state index < -0.39 is 0 Å². The predicted molar refractivity (Wildman–Crippen MR) is 102 cm³/mol. The molecule has 1 saturated heterocycles. The van der Waals surface area contributed by atoms with E-state index in [0.717, 1.165) is 36.1 Å². The fourth-order valence-corrected chi connectivity index (χ4v) is 3.21. The Balaban J connectivity index is 0.00000104. The number of fused-ring (bicyclic) bond motifs is 1. The van der Waals surface area contributed by atoms with E-state index in [1.165, 1.54) is 12.8 Å². The minimum absolute atomic E-state index is 0. The van der Waals surface area contributed by atoms with Crippen LogP contribution in [0.15, 0.2) is 24.3 Å². The molecule has 1 amide bonds. The van der Waals surface area contributed by atoms with Crippen molar-refractivity contribution in [2.75, 3.05) is 13.1 Å². The summed E-state index contributed by atoms with van der Waals surface area (Å²) in [6.45, 7) is 1.80. The Labute approximate surface area is 158 Å². The topological polar surface area (TPSA) is 54.0 Å². The van der Waals surface area contributed by atoms with E-state index in [1.54, 1.807) is 0 Å². The number of benzene rings is 1. The summed E-state index contributed by atoms with van der Waals surface area (Å²) in [6, 6.07) is 7.73. The zero-order valence-corrected chi connectivity index (χ0v) is 15.4. The van der Waals surface area contributed by atoms with E-state index in [1.807, 2.05) is 24.3 Å². The van der Waals surface area contributed by atoms with Crippen LogP contribution in [0.1, 0.15) is 41.2 Å². The van der Waals surface area contributed by atoms with Gasteiger partial charge >= 0.3 is 0 Å². The molecule has 1 unspecified atom stereocenters. The average Bonchev–Trinajstić information content (AvgIpc) is 3.24.